The molecule has 0 fully saturated rings. The van der Waals surface area contributed by atoms with Crippen molar-refractivity contribution >= 4 is 5.97 Å². The fraction of sp³-hybridized carbons (Fsp3) is 0.875. The summed E-state index contributed by atoms with van der Waals surface area (Å²) in [6.07, 6.45) is 18.9. The monoisotopic (exact) mass is 430 g/mol. The Morgan fingerprint density at radius 2 is 1.30 bits per heavy atom. The summed E-state index contributed by atoms with van der Waals surface area (Å²) in [4.78, 5) is 11.7. The fourth-order valence-electron chi connectivity index (χ4n) is 3.04. The Bertz CT molecular complexity index is 399. The van der Waals surface area contributed by atoms with Crippen molar-refractivity contribution in [1.82, 2.24) is 0 Å². The molecule has 0 heterocycles. The molecule has 0 aromatic carbocycles. The van der Waals surface area contributed by atoms with Crippen LogP contribution in [-0.2, 0) is 14.3 Å². The summed E-state index contributed by atoms with van der Waals surface area (Å²) in [6, 6.07) is 0. The Labute approximate surface area is 183 Å². The second-order valence-electron chi connectivity index (χ2n) is 8.04. The van der Waals surface area contributed by atoms with Crippen molar-refractivity contribution in [3.05, 3.63) is 12.2 Å². The summed E-state index contributed by atoms with van der Waals surface area (Å²) in [7, 11) is 0. The third-order valence-corrected chi connectivity index (χ3v) is 4.91. The van der Waals surface area contributed by atoms with Gasteiger partial charge in [0.15, 0.2) is 0 Å². The van der Waals surface area contributed by atoms with Crippen LogP contribution in [0.15, 0.2) is 12.2 Å². The van der Waals surface area contributed by atoms with E-state index in [4.69, 9.17) is 19.7 Å². The average molecular weight is 431 g/mol. The Balaban J connectivity index is 3.35. The standard InChI is InChI=1S/C24H46O6/c1-2-3-4-5-6-7-8-9-10-11-12-13-14-15-16-17-24(28)30-21-23(27)20-29-19-22(26)18-25/h9-10,22-23,25-27H,2-8,11-21H2,1H3/b10-9-. The lowest BCUT2D eigenvalue weighted by atomic mass is 10.1. The van der Waals surface area contributed by atoms with E-state index in [9.17, 15) is 9.90 Å². The number of unbranched alkanes of at least 4 members (excludes halogenated alkanes) is 11. The number of allylic oxidation sites excluding steroid dienone is 2. The van der Waals surface area contributed by atoms with E-state index >= 15 is 0 Å². The van der Waals surface area contributed by atoms with E-state index in [0.29, 0.717) is 6.42 Å². The molecule has 0 aliphatic heterocycles. The van der Waals surface area contributed by atoms with Crippen molar-refractivity contribution in [3.8, 4) is 0 Å². The third kappa shape index (κ3) is 21.8. The SMILES string of the molecule is CCCCCCCC/C=C\CCCCCCCC(=O)OCC(O)COCC(O)CO. The van der Waals surface area contributed by atoms with Gasteiger partial charge in [-0.05, 0) is 32.1 Å². The summed E-state index contributed by atoms with van der Waals surface area (Å²) < 4.78 is 10.0. The van der Waals surface area contributed by atoms with Crippen LogP contribution in [0.2, 0.25) is 0 Å². The first-order chi connectivity index (χ1) is 14.6. The number of aliphatic hydroxyl groups excluding tert-OH is 3. The van der Waals surface area contributed by atoms with Gasteiger partial charge in [0.2, 0.25) is 0 Å². The molecule has 0 saturated carbocycles. The zero-order chi connectivity index (χ0) is 22.3. The van der Waals surface area contributed by atoms with Gasteiger partial charge in [0, 0.05) is 6.42 Å². The molecule has 0 spiro atoms. The molecule has 2 unspecified atom stereocenters. The Morgan fingerprint density at radius 3 is 1.90 bits per heavy atom. The number of ether oxygens (including phenoxy) is 2. The van der Waals surface area contributed by atoms with Crippen LogP contribution >= 0.6 is 0 Å². The van der Waals surface area contributed by atoms with E-state index in [2.05, 4.69) is 19.1 Å². The molecule has 0 saturated heterocycles. The Kier molecular flexibility index (Phi) is 22.0. The molecule has 0 rings (SSSR count). The zero-order valence-corrected chi connectivity index (χ0v) is 19.1. The largest absolute Gasteiger partial charge is 0.463 e. The third-order valence-electron chi connectivity index (χ3n) is 4.91. The fourth-order valence-corrected chi connectivity index (χ4v) is 3.04. The molecule has 0 aromatic heterocycles. The number of carbonyl (C=O) groups excluding carboxylic acids is 1. The van der Waals surface area contributed by atoms with Crippen LogP contribution in [0.25, 0.3) is 0 Å². The van der Waals surface area contributed by atoms with Gasteiger partial charge >= 0.3 is 5.97 Å². The summed E-state index contributed by atoms with van der Waals surface area (Å²) >= 11 is 0. The first-order valence-corrected chi connectivity index (χ1v) is 12.0. The number of aliphatic hydroxyl groups is 3. The Hall–Kier alpha value is -0.950. The molecule has 0 aromatic rings. The number of rotatable bonds is 22. The van der Waals surface area contributed by atoms with Crippen molar-refractivity contribution in [2.24, 2.45) is 0 Å². The van der Waals surface area contributed by atoms with E-state index in [0.717, 1.165) is 25.7 Å². The number of carbonyl (C=O) groups is 1. The quantitative estimate of drug-likeness (QED) is 0.135. The van der Waals surface area contributed by atoms with Crippen LogP contribution in [-0.4, -0.2) is 59.9 Å². The smallest absolute Gasteiger partial charge is 0.305 e. The molecule has 6 nitrogen and oxygen atoms in total. The lowest BCUT2D eigenvalue weighted by Gasteiger charge is -2.13. The molecule has 3 N–H and O–H groups in total. The summed E-state index contributed by atoms with van der Waals surface area (Å²) in [5.74, 6) is -0.304. The van der Waals surface area contributed by atoms with Crippen molar-refractivity contribution < 1.29 is 29.6 Å². The highest BCUT2D eigenvalue weighted by Crippen LogP contribution is 2.10. The first-order valence-electron chi connectivity index (χ1n) is 12.0. The van der Waals surface area contributed by atoms with Gasteiger partial charge < -0.3 is 24.8 Å². The maximum Gasteiger partial charge on any atom is 0.305 e. The maximum absolute atomic E-state index is 11.7. The molecule has 2 atom stereocenters. The average Bonchev–Trinajstić information content (AvgIpc) is 2.74. The van der Waals surface area contributed by atoms with Gasteiger partial charge in [0.1, 0.15) is 18.8 Å². The summed E-state index contributed by atoms with van der Waals surface area (Å²) in [5.41, 5.74) is 0. The van der Waals surface area contributed by atoms with Crippen molar-refractivity contribution in [1.29, 1.82) is 0 Å². The molecular weight excluding hydrogens is 384 g/mol. The van der Waals surface area contributed by atoms with E-state index < -0.39 is 12.2 Å². The van der Waals surface area contributed by atoms with E-state index in [1.165, 1.54) is 57.8 Å². The van der Waals surface area contributed by atoms with Gasteiger partial charge in [-0.1, -0.05) is 70.4 Å². The minimum atomic E-state index is -0.958. The summed E-state index contributed by atoms with van der Waals surface area (Å²) in [5, 5.41) is 27.4. The number of hydrogen-bond donors (Lipinski definition) is 3. The highest BCUT2D eigenvalue weighted by atomic mass is 16.5. The second-order valence-corrected chi connectivity index (χ2v) is 8.04. The molecule has 178 valence electrons. The molecule has 0 bridgehead atoms. The number of esters is 1. The van der Waals surface area contributed by atoms with Crippen LogP contribution in [0, 0.1) is 0 Å². The van der Waals surface area contributed by atoms with Crippen LogP contribution < -0.4 is 0 Å². The van der Waals surface area contributed by atoms with Crippen molar-refractivity contribution in [2.45, 2.75) is 109 Å². The summed E-state index contributed by atoms with van der Waals surface area (Å²) in [6.45, 7) is 1.65. The van der Waals surface area contributed by atoms with Gasteiger partial charge in [-0.25, -0.2) is 0 Å². The van der Waals surface area contributed by atoms with E-state index in [1.54, 1.807) is 0 Å². The second kappa shape index (κ2) is 22.7. The van der Waals surface area contributed by atoms with Crippen LogP contribution in [0.4, 0.5) is 0 Å². The topological polar surface area (TPSA) is 96.2 Å². The molecule has 0 aliphatic rings. The minimum Gasteiger partial charge on any atom is -0.463 e. The van der Waals surface area contributed by atoms with E-state index in [1.807, 2.05) is 0 Å². The lowest BCUT2D eigenvalue weighted by Crippen LogP contribution is -2.27. The number of hydrogen-bond acceptors (Lipinski definition) is 6. The van der Waals surface area contributed by atoms with Gasteiger partial charge in [-0.3, -0.25) is 4.79 Å². The van der Waals surface area contributed by atoms with Gasteiger partial charge in [-0.2, -0.15) is 0 Å². The van der Waals surface area contributed by atoms with Gasteiger partial charge in [0.25, 0.3) is 0 Å². The van der Waals surface area contributed by atoms with Crippen LogP contribution in [0.1, 0.15) is 96.8 Å². The molecule has 6 heteroatoms. The lowest BCUT2D eigenvalue weighted by molar-refractivity contribution is -0.148. The molecular formula is C24H46O6. The maximum atomic E-state index is 11.7. The van der Waals surface area contributed by atoms with Gasteiger partial charge in [0.05, 0.1) is 19.8 Å². The zero-order valence-electron chi connectivity index (χ0n) is 19.1. The highest BCUT2D eigenvalue weighted by molar-refractivity contribution is 5.69. The normalized spacial score (nSPS) is 13.6. The van der Waals surface area contributed by atoms with Crippen LogP contribution in [0.3, 0.4) is 0 Å². The van der Waals surface area contributed by atoms with Crippen LogP contribution in [0.5, 0.6) is 0 Å². The van der Waals surface area contributed by atoms with Gasteiger partial charge in [-0.15, -0.1) is 0 Å². The molecule has 0 radical (unpaired) electrons. The van der Waals surface area contributed by atoms with Crippen molar-refractivity contribution in [2.75, 3.05) is 26.4 Å². The van der Waals surface area contributed by atoms with Crippen molar-refractivity contribution in [3.63, 3.8) is 0 Å². The molecule has 0 amide bonds. The molecule has 30 heavy (non-hydrogen) atoms. The molecule has 0 aliphatic carbocycles. The highest BCUT2D eigenvalue weighted by Gasteiger charge is 2.10. The predicted octanol–water partition coefficient (Wildman–Crippen LogP) is 4.30. The first kappa shape index (κ1) is 29.1. The predicted molar refractivity (Wildman–Crippen MR) is 120 cm³/mol. The Morgan fingerprint density at radius 1 is 0.767 bits per heavy atom. The minimum absolute atomic E-state index is 0.0439. The van der Waals surface area contributed by atoms with E-state index in [-0.39, 0.29) is 32.4 Å².